The van der Waals surface area contributed by atoms with Crippen LogP contribution in [0.1, 0.15) is 16.7 Å². The molecular weight excluding hydrogens is 415 g/mol. The normalized spacial score (nSPS) is 15.6. The maximum atomic E-state index is 13.2. The Morgan fingerprint density at radius 3 is 1.97 bits per heavy atom. The zero-order valence-corrected chi connectivity index (χ0v) is 17.3. The Bertz CT molecular complexity index is 929. The van der Waals surface area contributed by atoms with Crippen molar-refractivity contribution < 1.29 is 27.6 Å². The summed E-state index contributed by atoms with van der Waals surface area (Å²) in [5.41, 5.74) is 0.0788. The summed E-state index contributed by atoms with van der Waals surface area (Å²) in [6.07, 6.45) is -4.38. The van der Waals surface area contributed by atoms with Gasteiger partial charge in [-0.3, -0.25) is 19.9 Å². The largest absolute Gasteiger partial charge is 0.493 e. The molecule has 31 heavy (non-hydrogen) atoms. The van der Waals surface area contributed by atoms with Gasteiger partial charge in [0.2, 0.25) is 0 Å². The van der Waals surface area contributed by atoms with Crippen LogP contribution in [-0.2, 0) is 19.3 Å². The molecule has 3 rings (SSSR count). The van der Waals surface area contributed by atoms with Gasteiger partial charge >= 0.3 is 6.18 Å². The van der Waals surface area contributed by atoms with Gasteiger partial charge < -0.3 is 9.47 Å². The van der Waals surface area contributed by atoms with E-state index >= 15 is 0 Å². The van der Waals surface area contributed by atoms with E-state index in [1.54, 1.807) is 12.1 Å². The summed E-state index contributed by atoms with van der Waals surface area (Å²) in [7, 11) is 2.88. The molecule has 2 aromatic rings. The first-order valence-corrected chi connectivity index (χ1v) is 9.72. The van der Waals surface area contributed by atoms with Crippen molar-refractivity contribution in [1.82, 2.24) is 9.80 Å². The van der Waals surface area contributed by atoms with Gasteiger partial charge in [-0.15, -0.1) is 0 Å². The molecule has 0 saturated carbocycles. The van der Waals surface area contributed by atoms with Gasteiger partial charge in [-0.2, -0.15) is 13.2 Å². The summed E-state index contributed by atoms with van der Waals surface area (Å²) in [5.74, 6) is 0.691. The quantitative estimate of drug-likeness (QED) is 0.481. The van der Waals surface area contributed by atoms with Crippen LogP contribution in [0.5, 0.6) is 11.5 Å². The van der Waals surface area contributed by atoms with Crippen molar-refractivity contribution in [2.45, 2.75) is 19.3 Å². The summed E-state index contributed by atoms with van der Waals surface area (Å²) >= 11 is 0. The second kappa shape index (κ2) is 9.52. The molecule has 10 heteroatoms. The summed E-state index contributed by atoms with van der Waals surface area (Å²) in [6.45, 7) is 2.84. The molecule has 0 aliphatic carbocycles. The van der Waals surface area contributed by atoms with E-state index in [9.17, 15) is 23.3 Å². The van der Waals surface area contributed by atoms with Gasteiger partial charge in [-0.1, -0.05) is 18.2 Å². The third-order valence-corrected chi connectivity index (χ3v) is 5.36. The number of methoxy groups -OCH3 is 2. The molecule has 7 nitrogen and oxygen atoms in total. The second-order valence-corrected chi connectivity index (χ2v) is 7.30. The topological polar surface area (TPSA) is 68.1 Å². The minimum absolute atomic E-state index is 0.0563. The van der Waals surface area contributed by atoms with Gasteiger partial charge in [-0.05, 0) is 17.7 Å². The van der Waals surface area contributed by atoms with Crippen LogP contribution >= 0.6 is 0 Å². The molecule has 1 saturated heterocycles. The van der Waals surface area contributed by atoms with Crippen molar-refractivity contribution in [1.29, 1.82) is 0 Å². The highest BCUT2D eigenvalue weighted by Gasteiger charge is 2.33. The van der Waals surface area contributed by atoms with E-state index in [2.05, 4.69) is 0 Å². The van der Waals surface area contributed by atoms with Gasteiger partial charge in [0.15, 0.2) is 11.5 Å². The minimum atomic E-state index is -4.38. The first-order chi connectivity index (χ1) is 14.7. The Hall–Kier alpha value is -2.85. The molecule has 1 fully saturated rings. The van der Waals surface area contributed by atoms with Crippen LogP contribution in [0.25, 0.3) is 0 Å². The monoisotopic (exact) mass is 439 g/mol. The molecule has 0 N–H and O–H groups in total. The molecule has 0 amide bonds. The van der Waals surface area contributed by atoms with Gasteiger partial charge in [0.05, 0.1) is 30.8 Å². The smallest absolute Gasteiger partial charge is 0.416 e. The number of alkyl halides is 3. The molecule has 0 spiro atoms. The lowest BCUT2D eigenvalue weighted by molar-refractivity contribution is -0.385. The van der Waals surface area contributed by atoms with Crippen molar-refractivity contribution in [3.8, 4) is 11.5 Å². The third kappa shape index (κ3) is 5.45. The number of halogens is 3. The molecule has 0 unspecified atom stereocenters. The molecule has 0 bridgehead atoms. The van der Waals surface area contributed by atoms with E-state index in [1.807, 2.05) is 9.80 Å². The molecule has 0 radical (unpaired) electrons. The standard InChI is InChI=1S/C21H24F3N3O4/c1-30-19-11-16(18(27(28)29)12-20(19)31-2)14-26-9-7-25(8-10-26)13-15-5-3-4-6-17(15)21(22,23)24/h3-6,11-12H,7-10,13-14H2,1-2H3. The second-order valence-electron chi connectivity index (χ2n) is 7.30. The Labute approximate surface area is 178 Å². The van der Waals surface area contributed by atoms with E-state index in [1.165, 1.54) is 32.4 Å². The van der Waals surface area contributed by atoms with Gasteiger partial charge in [0.25, 0.3) is 5.69 Å². The lowest BCUT2D eigenvalue weighted by Gasteiger charge is -2.35. The average Bonchev–Trinajstić information content (AvgIpc) is 2.74. The molecule has 1 heterocycles. The number of nitrogens with zero attached hydrogens (tertiary/aromatic N) is 3. The highest BCUT2D eigenvalue weighted by atomic mass is 19.4. The number of hydrogen-bond donors (Lipinski definition) is 0. The number of benzene rings is 2. The van der Waals surface area contributed by atoms with Crippen molar-refractivity contribution in [3.63, 3.8) is 0 Å². The zero-order valence-electron chi connectivity index (χ0n) is 17.3. The van der Waals surface area contributed by atoms with Gasteiger partial charge in [0, 0.05) is 44.8 Å². The minimum Gasteiger partial charge on any atom is -0.493 e. The van der Waals surface area contributed by atoms with Crippen LogP contribution in [0.2, 0.25) is 0 Å². The maximum Gasteiger partial charge on any atom is 0.416 e. The van der Waals surface area contributed by atoms with Crippen molar-refractivity contribution in [2.24, 2.45) is 0 Å². The van der Waals surface area contributed by atoms with Crippen molar-refractivity contribution in [2.75, 3.05) is 40.4 Å². The molecule has 0 atom stereocenters. The van der Waals surface area contributed by atoms with Crippen LogP contribution in [0.15, 0.2) is 36.4 Å². The SMILES string of the molecule is COc1cc(CN2CCN(Cc3ccccc3C(F)(F)F)CC2)c([N+](=O)[O-])cc1OC. The average molecular weight is 439 g/mol. The Balaban J connectivity index is 1.67. The lowest BCUT2D eigenvalue weighted by atomic mass is 10.1. The fraction of sp³-hybridized carbons (Fsp3) is 0.429. The third-order valence-electron chi connectivity index (χ3n) is 5.36. The molecule has 1 aliphatic heterocycles. The number of hydrogen-bond acceptors (Lipinski definition) is 6. The molecule has 168 valence electrons. The van der Waals surface area contributed by atoms with Crippen LogP contribution in [-0.4, -0.2) is 55.1 Å². The first-order valence-electron chi connectivity index (χ1n) is 9.72. The Kier molecular flexibility index (Phi) is 7.01. The molecule has 2 aromatic carbocycles. The van der Waals surface area contributed by atoms with Crippen LogP contribution in [0, 0.1) is 10.1 Å². The lowest BCUT2D eigenvalue weighted by Crippen LogP contribution is -2.45. The van der Waals surface area contributed by atoms with E-state index in [0.29, 0.717) is 44.0 Å². The summed E-state index contributed by atoms with van der Waals surface area (Å²) in [5, 5.41) is 11.5. The van der Waals surface area contributed by atoms with E-state index in [-0.39, 0.29) is 23.5 Å². The number of nitro groups is 1. The Morgan fingerprint density at radius 2 is 1.45 bits per heavy atom. The predicted octanol–water partition coefficient (Wildman–Crippen LogP) is 3.95. The maximum absolute atomic E-state index is 13.2. The van der Waals surface area contributed by atoms with E-state index < -0.39 is 16.7 Å². The predicted molar refractivity (Wildman–Crippen MR) is 108 cm³/mol. The fourth-order valence-corrected chi connectivity index (χ4v) is 3.73. The zero-order chi connectivity index (χ0) is 22.6. The van der Waals surface area contributed by atoms with Crippen LogP contribution in [0.3, 0.4) is 0 Å². The molecule has 0 aromatic heterocycles. The van der Waals surface area contributed by atoms with Gasteiger partial charge in [-0.25, -0.2) is 0 Å². The highest BCUT2D eigenvalue weighted by Crippen LogP contribution is 2.35. The van der Waals surface area contributed by atoms with Crippen LogP contribution < -0.4 is 9.47 Å². The first kappa shape index (κ1) is 22.8. The van der Waals surface area contributed by atoms with Gasteiger partial charge in [0.1, 0.15) is 0 Å². The molecular formula is C21H24F3N3O4. The molecule has 1 aliphatic rings. The summed E-state index contributed by atoms with van der Waals surface area (Å²) in [6, 6.07) is 8.54. The number of piperazine rings is 1. The van der Waals surface area contributed by atoms with Crippen molar-refractivity contribution in [3.05, 3.63) is 63.2 Å². The highest BCUT2D eigenvalue weighted by molar-refractivity contribution is 5.54. The number of nitro benzene ring substituents is 1. The fourth-order valence-electron chi connectivity index (χ4n) is 3.73. The summed E-state index contributed by atoms with van der Waals surface area (Å²) in [4.78, 5) is 15.0. The van der Waals surface area contributed by atoms with E-state index in [0.717, 1.165) is 6.07 Å². The van der Waals surface area contributed by atoms with Crippen molar-refractivity contribution >= 4 is 5.69 Å². The number of ether oxygens (including phenoxy) is 2. The Morgan fingerprint density at radius 1 is 0.935 bits per heavy atom. The summed E-state index contributed by atoms with van der Waals surface area (Å²) < 4.78 is 50.1. The van der Waals surface area contributed by atoms with Crippen LogP contribution in [0.4, 0.5) is 18.9 Å². The number of rotatable bonds is 7. The van der Waals surface area contributed by atoms with E-state index in [4.69, 9.17) is 9.47 Å².